The first kappa shape index (κ1) is 26.2. The Hall–Kier alpha value is -3.40. The van der Waals surface area contributed by atoms with Gasteiger partial charge in [-0.05, 0) is 42.0 Å². The highest BCUT2D eigenvalue weighted by Gasteiger charge is 2.19. The number of hydrogen-bond donors (Lipinski definition) is 1. The number of nitrogens with one attached hydrogen (secondary N) is 1. The van der Waals surface area contributed by atoms with Gasteiger partial charge in [0, 0.05) is 32.6 Å². The third-order valence-corrected chi connectivity index (χ3v) is 6.57. The number of fused-ring (bicyclic) bond motifs is 1. The van der Waals surface area contributed by atoms with Gasteiger partial charge in [0.25, 0.3) is 5.56 Å². The molecular weight excluding hydrogens is 468 g/mol. The van der Waals surface area contributed by atoms with Crippen LogP contribution in [0.3, 0.4) is 0 Å². The van der Waals surface area contributed by atoms with Gasteiger partial charge in [-0.2, -0.15) is 0 Å². The Labute approximate surface area is 207 Å². The Balaban J connectivity index is 1.75. The maximum Gasteiger partial charge on any atom is 0.332 e. The van der Waals surface area contributed by atoms with Crippen LogP contribution in [0.5, 0.6) is 5.75 Å². The van der Waals surface area contributed by atoms with Gasteiger partial charge in [0.15, 0.2) is 0 Å². The van der Waals surface area contributed by atoms with Crippen LogP contribution in [0.1, 0.15) is 38.7 Å². The van der Waals surface area contributed by atoms with Crippen LogP contribution in [0.2, 0.25) is 0 Å². The number of benzene rings is 1. The van der Waals surface area contributed by atoms with Crippen molar-refractivity contribution < 1.29 is 14.3 Å². The molecule has 3 rings (SSSR count). The van der Waals surface area contributed by atoms with Crippen molar-refractivity contribution in [3.05, 3.63) is 62.1 Å². The van der Waals surface area contributed by atoms with Crippen LogP contribution in [-0.2, 0) is 29.2 Å². The molecule has 9 nitrogen and oxygen atoms in total. The second-order valence-electron chi connectivity index (χ2n) is 8.22. The lowest BCUT2D eigenvalue weighted by Gasteiger charge is -2.22. The van der Waals surface area contributed by atoms with Crippen LogP contribution in [0.4, 0.5) is 0 Å². The van der Waals surface area contributed by atoms with Crippen LogP contribution < -0.4 is 21.3 Å². The summed E-state index contributed by atoms with van der Waals surface area (Å²) in [5, 5.41) is 4.54. The van der Waals surface area contributed by atoms with Crippen molar-refractivity contribution in [1.29, 1.82) is 0 Å². The predicted octanol–water partition coefficient (Wildman–Crippen LogP) is 2.59. The number of carbonyl (C=O) groups is 2. The van der Waals surface area contributed by atoms with Crippen LogP contribution in [0, 0.1) is 0 Å². The van der Waals surface area contributed by atoms with Crippen molar-refractivity contribution in [1.82, 2.24) is 19.4 Å². The summed E-state index contributed by atoms with van der Waals surface area (Å²) in [6, 6.07) is 9.01. The summed E-state index contributed by atoms with van der Waals surface area (Å²) >= 11 is 1.22. The molecule has 1 aromatic carbocycles. The Morgan fingerprint density at radius 3 is 2.34 bits per heavy atom. The van der Waals surface area contributed by atoms with E-state index in [2.05, 4.69) is 5.32 Å². The topological polar surface area (TPSA) is 103 Å². The molecule has 2 heterocycles. The molecule has 0 bridgehead atoms. The maximum atomic E-state index is 13.2. The van der Waals surface area contributed by atoms with E-state index < -0.39 is 11.2 Å². The Morgan fingerprint density at radius 1 is 1.03 bits per heavy atom. The monoisotopic (exact) mass is 500 g/mol. The second-order valence-corrected chi connectivity index (χ2v) is 9.13. The number of hydrogen-bond acceptors (Lipinski definition) is 6. The van der Waals surface area contributed by atoms with E-state index in [0.29, 0.717) is 29.9 Å². The minimum absolute atomic E-state index is 0.0338. The third kappa shape index (κ3) is 6.39. The average molecular weight is 501 g/mol. The maximum absolute atomic E-state index is 13.2. The fraction of sp³-hybridized carbons (Fsp3) is 0.440. The number of rotatable bonds is 12. The largest absolute Gasteiger partial charge is 0.497 e. The minimum Gasteiger partial charge on any atom is -0.497 e. The molecule has 2 aromatic heterocycles. The minimum atomic E-state index is -0.579. The molecular formula is C25H32N4O5S. The van der Waals surface area contributed by atoms with Crippen molar-refractivity contribution in [2.75, 3.05) is 20.2 Å². The first-order valence-electron chi connectivity index (χ1n) is 11.8. The van der Waals surface area contributed by atoms with Gasteiger partial charge >= 0.3 is 5.69 Å². The van der Waals surface area contributed by atoms with Gasteiger partial charge in [0.2, 0.25) is 11.8 Å². The zero-order valence-electron chi connectivity index (χ0n) is 20.4. The predicted molar refractivity (Wildman–Crippen MR) is 137 cm³/mol. The van der Waals surface area contributed by atoms with Gasteiger partial charge in [0.05, 0.1) is 12.6 Å². The first-order chi connectivity index (χ1) is 16.9. The lowest BCUT2D eigenvalue weighted by molar-refractivity contribution is -0.132. The van der Waals surface area contributed by atoms with Crippen LogP contribution in [-0.4, -0.2) is 46.0 Å². The van der Waals surface area contributed by atoms with Gasteiger partial charge in [-0.3, -0.25) is 23.5 Å². The van der Waals surface area contributed by atoms with Crippen molar-refractivity contribution in [2.45, 2.75) is 52.7 Å². The molecule has 188 valence electrons. The number of aromatic nitrogens is 2. The number of thiophene rings is 1. The molecule has 0 saturated heterocycles. The van der Waals surface area contributed by atoms with Crippen molar-refractivity contribution in [3.8, 4) is 5.75 Å². The van der Waals surface area contributed by atoms with Gasteiger partial charge in [-0.1, -0.05) is 26.0 Å². The highest BCUT2D eigenvalue weighted by molar-refractivity contribution is 7.17. The molecule has 0 aliphatic heterocycles. The van der Waals surface area contributed by atoms with Gasteiger partial charge in [-0.25, -0.2) is 4.79 Å². The van der Waals surface area contributed by atoms with E-state index in [-0.39, 0.29) is 31.3 Å². The molecule has 2 amide bonds. The van der Waals surface area contributed by atoms with Gasteiger partial charge in [-0.15, -0.1) is 11.3 Å². The fourth-order valence-electron chi connectivity index (χ4n) is 3.87. The van der Waals surface area contributed by atoms with Crippen LogP contribution >= 0.6 is 11.3 Å². The molecule has 0 radical (unpaired) electrons. The third-order valence-electron chi connectivity index (χ3n) is 5.68. The summed E-state index contributed by atoms with van der Waals surface area (Å²) in [5.74, 6) is 0.287. The Kier molecular flexibility index (Phi) is 9.25. The Morgan fingerprint density at radius 2 is 1.71 bits per heavy atom. The summed E-state index contributed by atoms with van der Waals surface area (Å²) in [6.07, 6.45) is 1.60. The van der Waals surface area contributed by atoms with E-state index in [1.165, 1.54) is 15.9 Å². The highest BCUT2D eigenvalue weighted by Crippen LogP contribution is 2.16. The number of amides is 2. The molecule has 3 aromatic rings. The Bertz CT molecular complexity index is 1270. The summed E-state index contributed by atoms with van der Waals surface area (Å²) in [4.78, 5) is 53.3. The number of carbonyl (C=O) groups excluding carboxylic acids is 2. The molecule has 0 aliphatic rings. The number of methoxy groups -OCH3 is 1. The van der Waals surface area contributed by atoms with Crippen molar-refractivity contribution in [3.63, 3.8) is 0 Å². The smallest absolute Gasteiger partial charge is 0.332 e. The number of nitrogens with zero attached hydrogens (tertiary/aromatic N) is 3. The molecule has 10 heteroatoms. The van der Waals surface area contributed by atoms with Crippen LogP contribution in [0.15, 0.2) is 45.3 Å². The SMILES string of the molecule is CCCN(CCC)C(=O)Cn1c(=O)n(CCC(=O)NCc2ccc(OC)cc2)c(=O)c2sccc21. The molecule has 0 saturated carbocycles. The highest BCUT2D eigenvalue weighted by atomic mass is 32.1. The summed E-state index contributed by atoms with van der Waals surface area (Å²) in [6.45, 7) is 5.34. The summed E-state index contributed by atoms with van der Waals surface area (Å²) < 4.78 is 7.93. The molecule has 0 unspecified atom stereocenters. The summed E-state index contributed by atoms with van der Waals surface area (Å²) in [5.41, 5.74) is 0.336. The molecule has 0 atom stereocenters. The van der Waals surface area contributed by atoms with Gasteiger partial charge < -0.3 is 15.0 Å². The van der Waals surface area contributed by atoms with E-state index in [1.54, 1.807) is 23.5 Å². The van der Waals surface area contributed by atoms with E-state index >= 15 is 0 Å². The fourth-order valence-corrected chi connectivity index (χ4v) is 4.71. The van der Waals surface area contributed by atoms with E-state index in [0.717, 1.165) is 28.7 Å². The first-order valence-corrected chi connectivity index (χ1v) is 12.7. The molecule has 35 heavy (non-hydrogen) atoms. The van der Waals surface area contributed by atoms with Crippen LogP contribution in [0.25, 0.3) is 10.2 Å². The number of ether oxygens (including phenoxy) is 1. The molecule has 0 spiro atoms. The second kappa shape index (κ2) is 12.3. The van der Waals surface area contributed by atoms with Crippen molar-refractivity contribution >= 4 is 33.4 Å². The van der Waals surface area contributed by atoms with Gasteiger partial charge in [0.1, 0.15) is 17.0 Å². The van der Waals surface area contributed by atoms with E-state index in [1.807, 2.05) is 38.1 Å². The molecule has 0 fully saturated rings. The van der Waals surface area contributed by atoms with Crippen molar-refractivity contribution in [2.24, 2.45) is 0 Å². The van der Waals surface area contributed by atoms with E-state index in [4.69, 9.17) is 4.74 Å². The summed E-state index contributed by atoms with van der Waals surface area (Å²) in [7, 11) is 1.59. The standard InChI is InChI=1S/C25H32N4O5S/c1-4-12-27(13-5-2)22(31)17-29-20-11-15-35-23(20)24(32)28(25(29)33)14-10-21(30)26-16-18-6-8-19(34-3)9-7-18/h6-9,11,15H,4-5,10,12-14,16-17H2,1-3H3,(H,26,30). The normalized spacial score (nSPS) is 10.9. The average Bonchev–Trinajstić information content (AvgIpc) is 3.35. The zero-order valence-corrected chi connectivity index (χ0v) is 21.2. The lowest BCUT2D eigenvalue weighted by Crippen LogP contribution is -2.44. The van der Waals surface area contributed by atoms with E-state index in [9.17, 15) is 19.2 Å². The molecule has 0 aliphatic carbocycles. The quantitative estimate of drug-likeness (QED) is 0.412. The molecule has 1 N–H and O–H groups in total. The zero-order chi connectivity index (χ0) is 25.4. The lowest BCUT2D eigenvalue weighted by atomic mass is 10.2.